The van der Waals surface area contributed by atoms with Crippen molar-refractivity contribution < 1.29 is 4.79 Å². The second kappa shape index (κ2) is 12.7. The van der Waals surface area contributed by atoms with Crippen LogP contribution in [-0.4, -0.2) is 12.5 Å². The molecule has 2 nitrogen and oxygen atoms in total. The topological polar surface area (TPSA) is 29.1 Å². The predicted molar refractivity (Wildman–Crippen MR) is 135 cm³/mol. The summed E-state index contributed by atoms with van der Waals surface area (Å²) < 4.78 is 0. The summed E-state index contributed by atoms with van der Waals surface area (Å²) in [6, 6.07) is 31.3. The fourth-order valence-corrected chi connectivity index (χ4v) is 4.27. The number of amides is 1. The zero-order valence-electron chi connectivity index (χ0n) is 19.2. The third-order valence-electron chi connectivity index (χ3n) is 6.00. The molecule has 0 heterocycles. The van der Waals surface area contributed by atoms with Gasteiger partial charge in [-0.05, 0) is 23.1 Å². The van der Waals surface area contributed by atoms with Crippen molar-refractivity contribution in [2.45, 2.75) is 50.9 Å². The van der Waals surface area contributed by atoms with Crippen LogP contribution in [0.15, 0.2) is 103 Å². The lowest BCUT2D eigenvalue weighted by Crippen LogP contribution is -2.29. The molecule has 0 saturated carbocycles. The molecule has 0 atom stereocenters. The Morgan fingerprint density at radius 1 is 0.688 bits per heavy atom. The van der Waals surface area contributed by atoms with Crippen LogP contribution in [0.2, 0.25) is 0 Å². The van der Waals surface area contributed by atoms with Gasteiger partial charge in [-0.15, -0.1) is 0 Å². The Hall–Kier alpha value is -3.13. The lowest BCUT2D eigenvalue weighted by atomic mass is 9.69. The number of unbranched alkanes of at least 4 members (excludes halogenated alkanes) is 5. The molecular weight excluding hydrogens is 390 g/mol. The van der Waals surface area contributed by atoms with Crippen LogP contribution in [-0.2, 0) is 10.2 Å². The van der Waals surface area contributed by atoms with Gasteiger partial charge in [0.1, 0.15) is 0 Å². The smallest absolute Gasteiger partial charge is 0.243 e. The van der Waals surface area contributed by atoms with E-state index in [9.17, 15) is 4.79 Å². The largest absolute Gasteiger partial charge is 0.353 e. The zero-order chi connectivity index (χ0) is 22.5. The molecule has 0 fully saturated rings. The molecule has 1 N–H and O–H groups in total. The van der Waals surface area contributed by atoms with E-state index in [2.05, 4.69) is 91.1 Å². The van der Waals surface area contributed by atoms with Crippen LogP contribution in [0, 0.1) is 0 Å². The van der Waals surface area contributed by atoms with Crippen LogP contribution in [0.4, 0.5) is 0 Å². The fourth-order valence-electron chi connectivity index (χ4n) is 4.27. The molecule has 0 unspecified atom stereocenters. The number of hydrogen-bond donors (Lipinski definition) is 1. The molecule has 0 aliphatic rings. The van der Waals surface area contributed by atoms with Gasteiger partial charge in [0, 0.05) is 12.6 Å². The first-order valence-corrected chi connectivity index (χ1v) is 11.9. The summed E-state index contributed by atoms with van der Waals surface area (Å²) in [5.74, 6) is -0.0364. The highest BCUT2D eigenvalue weighted by atomic mass is 16.1. The van der Waals surface area contributed by atoms with Gasteiger partial charge in [-0.2, -0.15) is 0 Å². The average molecular weight is 426 g/mol. The van der Waals surface area contributed by atoms with Crippen LogP contribution in [0.3, 0.4) is 0 Å². The lowest BCUT2D eigenvalue weighted by Gasteiger charge is -2.33. The third-order valence-corrected chi connectivity index (χ3v) is 6.00. The maximum Gasteiger partial charge on any atom is 0.243 e. The van der Waals surface area contributed by atoms with Crippen LogP contribution in [0.5, 0.6) is 0 Å². The molecule has 0 aromatic heterocycles. The Kier molecular flexibility index (Phi) is 9.31. The maximum atomic E-state index is 12.7. The van der Waals surface area contributed by atoms with Gasteiger partial charge in [0.2, 0.25) is 5.91 Å². The molecule has 0 bridgehead atoms. The number of carbonyl (C=O) groups is 1. The van der Waals surface area contributed by atoms with Gasteiger partial charge in [0.25, 0.3) is 0 Å². The molecule has 0 aliphatic carbocycles. The minimum absolute atomic E-state index is 0.0364. The molecule has 0 radical (unpaired) electrons. The molecule has 3 rings (SSSR count). The van der Waals surface area contributed by atoms with Gasteiger partial charge in [-0.3, -0.25) is 4.79 Å². The summed E-state index contributed by atoms with van der Waals surface area (Å²) in [5, 5.41) is 3.07. The first-order valence-electron chi connectivity index (χ1n) is 11.9. The summed E-state index contributed by atoms with van der Waals surface area (Å²) in [7, 11) is 0. The van der Waals surface area contributed by atoms with E-state index in [4.69, 9.17) is 0 Å². The Labute approximate surface area is 193 Å². The van der Waals surface area contributed by atoms with Crippen molar-refractivity contribution >= 4 is 5.91 Å². The van der Waals surface area contributed by atoms with E-state index < -0.39 is 5.41 Å². The molecule has 166 valence electrons. The normalized spacial score (nSPS) is 11.5. The number of benzene rings is 3. The summed E-state index contributed by atoms with van der Waals surface area (Å²) in [6.07, 6.45) is 11.1. The highest BCUT2D eigenvalue weighted by Gasteiger charge is 2.33. The van der Waals surface area contributed by atoms with Crippen molar-refractivity contribution in [1.82, 2.24) is 5.32 Å². The molecule has 1 amide bonds. The summed E-state index contributed by atoms with van der Waals surface area (Å²) in [5.41, 5.74) is 2.87. The van der Waals surface area contributed by atoms with Crippen LogP contribution >= 0.6 is 0 Å². The highest BCUT2D eigenvalue weighted by Crippen LogP contribution is 2.40. The minimum Gasteiger partial charge on any atom is -0.353 e. The van der Waals surface area contributed by atoms with Crippen LogP contribution in [0.25, 0.3) is 0 Å². The standard InChI is InChI=1S/C30H35NO/c1-2-3-4-5-6-16-25-31-29(32)23-24-30(26-17-10-7-11-18-26,27-19-12-8-13-20-27)28-21-14-9-15-22-28/h7-15,17-24H,2-6,16,25H2,1H3,(H,31,32). The number of allylic oxidation sites excluding steroid dienone is 1. The fraction of sp³-hybridized carbons (Fsp3) is 0.300. The second-order valence-electron chi connectivity index (χ2n) is 8.30. The molecule has 32 heavy (non-hydrogen) atoms. The van der Waals surface area contributed by atoms with E-state index in [1.165, 1.54) is 32.1 Å². The predicted octanol–water partition coefficient (Wildman–Crippen LogP) is 7.05. The van der Waals surface area contributed by atoms with Gasteiger partial charge >= 0.3 is 0 Å². The third kappa shape index (κ3) is 6.20. The first kappa shape index (κ1) is 23.5. The van der Waals surface area contributed by atoms with Crippen molar-refractivity contribution in [2.24, 2.45) is 0 Å². The van der Waals surface area contributed by atoms with E-state index >= 15 is 0 Å². The van der Waals surface area contributed by atoms with Gasteiger partial charge < -0.3 is 5.32 Å². The maximum absolute atomic E-state index is 12.7. The molecule has 0 spiro atoms. The van der Waals surface area contributed by atoms with Crippen molar-refractivity contribution in [3.05, 3.63) is 120 Å². The SMILES string of the molecule is CCCCCCCCNC(=O)C=CC(c1ccccc1)(c1ccccc1)c1ccccc1. The minimum atomic E-state index is -0.540. The Bertz CT molecular complexity index is 851. The first-order chi connectivity index (χ1) is 15.8. The van der Waals surface area contributed by atoms with Gasteiger partial charge in [-0.1, -0.05) is 136 Å². The molecule has 2 heteroatoms. The Morgan fingerprint density at radius 2 is 1.12 bits per heavy atom. The van der Waals surface area contributed by atoms with Gasteiger partial charge in [-0.25, -0.2) is 0 Å². The number of hydrogen-bond acceptors (Lipinski definition) is 1. The highest BCUT2D eigenvalue weighted by molar-refractivity contribution is 5.88. The average Bonchev–Trinajstić information content (AvgIpc) is 2.86. The summed E-state index contributed by atoms with van der Waals surface area (Å²) in [6.45, 7) is 2.96. The Balaban J connectivity index is 1.84. The molecule has 3 aromatic rings. The lowest BCUT2D eigenvalue weighted by molar-refractivity contribution is -0.116. The van der Waals surface area contributed by atoms with E-state index in [-0.39, 0.29) is 5.91 Å². The quantitative estimate of drug-likeness (QED) is 0.188. The summed E-state index contributed by atoms with van der Waals surface area (Å²) in [4.78, 5) is 12.7. The van der Waals surface area contributed by atoms with Crippen LogP contribution in [0.1, 0.15) is 62.1 Å². The van der Waals surface area contributed by atoms with Gasteiger partial charge in [0.15, 0.2) is 0 Å². The Morgan fingerprint density at radius 3 is 1.59 bits per heavy atom. The van der Waals surface area contributed by atoms with Crippen LogP contribution < -0.4 is 5.32 Å². The van der Waals surface area contributed by atoms with Crippen molar-refractivity contribution in [2.75, 3.05) is 6.54 Å². The van der Waals surface area contributed by atoms with Crippen molar-refractivity contribution in [3.8, 4) is 0 Å². The van der Waals surface area contributed by atoms with E-state index in [1.807, 2.05) is 18.2 Å². The monoisotopic (exact) mass is 425 g/mol. The van der Waals surface area contributed by atoms with E-state index in [0.717, 1.165) is 29.7 Å². The van der Waals surface area contributed by atoms with Gasteiger partial charge in [0.05, 0.1) is 5.41 Å². The molecular formula is C30H35NO. The zero-order valence-corrected chi connectivity index (χ0v) is 19.2. The number of rotatable bonds is 12. The molecule has 0 saturated heterocycles. The number of nitrogens with one attached hydrogen (secondary N) is 1. The van der Waals surface area contributed by atoms with Crippen molar-refractivity contribution in [3.63, 3.8) is 0 Å². The van der Waals surface area contributed by atoms with Crippen molar-refractivity contribution in [1.29, 1.82) is 0 Å². The number of carbonyl (C=O) groups excluding carboxylic acids is 1. The second-order valence-corrected chi connectivity index (χ2v) is 8.30. The summed E-state index contributed by atoms with van der Waals surface area (Å²) >= 11 is 0. The molecule has 0 aliphatic heterocycles. The van der Waals surface area contributed by atoms with E-state index in [1.54, 1.807) is 6.08 Å². The van der Waals surface area contributed by atoms with E-state index in [0.29, 0.717) is 0 Å². The molecule has 3 aromatic carbocycles.